The van der Waals surface area contributed by atoms with Gasteiger partial charge in [0.05, 0.1) is 11.3 Å². The van der Waals surface area contributed by atoms with Gasteiger partial charge in [0.1, 0.15) is 6.07 Å². The van der Waals surface area contributed by atoms with Crippen molar-refractivity contribution in [2.75, 3.05) is 11.1 Å². The van der Waals surface area contributed by atoms with Crippen molar-refractivity contribution in [1.82, 2.24) is 9.78 Å². The van der Waals surface area contributed by atoms with Crippen LogP contribution in [-0.2, 0) is 7.05 Å². The number of aromatic nitrogens is 2. The fraction of sp³-hybridized carbons (Fsp3) is 0.0909. The van der Waals surface area contributed by atoms with Crippen LogP contribution in [0.2, 0.25) is 0 Å². The molecule has 1 heterocycles. The van der Waals surface area contributed by atoms with Gasteiger partial charge in [-0.2, -0.15) is 10.4 Å². The smallest absolute Gasteiger partial charge is 0.152 e. The van der Waals surface area contributed by atoms with Gasteiger partial charge in [0.25, 0.3) is 0 Å². The Morgan fingerprint density at radius 3 is 2.81 bits per heavy atom. The lowest BCUT2D eigenvalue weighted by molar-refractivity contribution is 0.771. The molecular formula is C11H11N5. The number of nitrogens with one attached hydrogen (secondary N) is 1. The molecule has 0 atom stereocenters. The van der Waals surface area contributed by atoms with Gasteiger partial charge in [-0.25, -0.2) is 0 Å². The molecule has 5 nitrogen and oxygen atoms in total. The van der Waals surface area contributed by atoms with Crippen LogP contribution in [0.1, 0.15) is 5.56 Å². The minimum atomic E-state index is 0.462. The normalized spacial score (nSPS) is 9.75. The van der Waals surface area contributed by atoms with E-state index in [9.17, 15) is 0 Å². The Balaban J connectivity index is 2.23. The van der Waals surface area contributed by atoms with E-state index < -0.39 is 0 Å². The summed E-state index contributed by atoms with van der Waals surface area (Å²) in [7, 11) is 1.85. The van der Waals surface area contributed by atoms with Crippen molar-refractivity contribution in [3.8, 4) is 6.07 Å². The number of nitrogen functional groups attached to an aromatic ring is 1. The zero-order chi connectivity index (χ0) is 11.5. The summed E-state index contributed by atoms with van der Waals surface area (Å²) in [5, 5.41) is 16.0. The van der Waals surface area contributed by atoms with Gasteiger partial charge in [0.2, 0.25) is 0 Å². The van der Waals surface area contributed by atoms with E-state index in [0.29, 0.717) is 11.3 Å². The van der Waals surface area contributed by atoms with Crippen LogP contribution in [0.5, 0.6) is 0 Å². The Bertz CT molecular complexity index is 550. The monoisotopic (exact) mass is 213 g/mol. The molecule has 0 fully saturated rings. The van der Waals surface area contributed by atoms with Gasteiger partial charge in [-0.3, -0.25) is 4.68 Å². The van der Waals surface area contributed by atoms with E-state index in [4.69, 9.17) is 11.0 Å². The molecular weight excluding hydrogens is 202 g/mol. The number of nitriles is 1. The summed E-state index contributed by atoms with van der Waals surface area (Å²) in [5.74, 6) is 0.742. The lowest BCUT2D eigenvalue weighted by atomic mass is 10.2. The number of anilines is 3. The van der Waals surface area contributed by atoms with Crippen LogP contribution < -0.4 is 11.1 Å². The average molecular weight is 213 g/mol. The number of hydrogen-bond acceptors (Lipinski definition) is 4. The molecule has 2 rings (SSSR count). The topological polar surface area (TPSA) is 79.7 Å². The molecule has 3 N–H and O–H groups in total. The van der Waals surface area contributed by atoms with Gasteiger partial charge in [0, 0.05) is 25.0 Å². The summed E-state index contributed by atoms with van der Waals surface area (Å²) < 4.78 is 1.70. The van der Waals surface area contributed by atoms with Crippen molar-refractivity contribution in [2.24, 2.45) is 7.05 Å². The Labute approximate surface area is 93.1 Å². The molecule has 0 bridgehead atoms. The molecule has 0 amide bonds. The molecule has 2 aromatic rings. The molecule has 0 saturated carbocycles. The van der Waals surface area contributed by atoms with Gasteiger partial charge < -0.3 is 11.1 Å². The summed E-state index contributed by atoms with van der Waals surface area (Å²) in [4.78, 5) is 0. The maximum absolute atomic E-state index is 8.74. The van der Waals surface area contributed by atoms with Crippen LogP contribution in [0.25, 0.3) is 0 Å². The Hall–Kier alpha value is -2.48. The maximum Gasteiger partial charge on any atom is 0.152 e. The first kappa shape index (κ1) is 10.1. The first-order chi connectivity index (χ1) is 7.69. The van der Waals surface area contributed by atoms with Crippen molar-refractivity contribution in [3.63, 3.8) is 0 Å². The SMILES string of the molecule is Cn1ccc(Nc2ccc(C#N)c(N)c2)n1. The number of nitrogens with two attached hydrogens (primary N) is 1. The predicted octanol–water partition coefficient (Wildman–Crippen LogP) is 1.62. The summed E-state index contributed by atoms with van der Waals surface area (Å²) in [6, 6.07) is 9.07. The second kappa shape index (κ2) is 3.95. The van der Waals surface area contributed by atoms with E-state index in [2.05, 4.69) is 10.4 Å². The number of rotatable bonds is 2. The molecule has 0 aliphatic rings. The van der Waals surface area contributed by atoms with Gasteiger partial charge in [0.15, 0.2) is 5.82 Å². The summed E-state index contributed by atoms with van der Waals surface area (Å²) in [5.41, 5.74) is 7.46. The first-order valence-electron chi connectivity index (χ1n) is 4.75. The zero-order valence-corrected chi connectivity index (χ0v) is 8.81. The van der Waals surface area contributed by atoms with Crippen molar-refractivity contribution >= 4 is 17.2 Å². The molecule has 0 radical (unpaired) electrons. The molecule has 5 heteroatoms. The Kier molecular flexibility index (Phi) is 2.48. The van der Waals surface area contributed by atoms with Crippen molar-refractivity contribution in [2.45, 2.75) is 0 Å². The lowest BCUT2D eigenvalue weighted by Gasteiger charge is -2.04. The van der Waals surface area contributed by atoms with Crippen molar-refractivity contribution in [3.05, 3.63) is 36.0 Å². The van der Waals surface area contributed by atoms with Crippen LogP contribution in [0.15, 0.2) is 30.5 Å². The maximum atomic E-state index is 8.74. The third-order valence-electron chi connectivity index (χ3n) is 2.16. The van der Waals surface area contributed by atoms with Crippen LogP contribution in [0.4, 0.5) is 17.2 Å². The summed E-state index contributed by atoms with van der Waals surface area (Å²) in [6.07, 6.45) is 1.84. The number of nitrogens with zero attached hydrogens (tertiary/aromatic N) is 3. The van der Waals surface area contributed by atoms with E-state index in [1.54, 1.807) is 22.9 Å². The van der Waals surface area contributed by atoms with Gasteiger partial charge in [-0.15, -0.1) is 0 Å². The third-order valence-corrected chi connectivity index (χ3v) is 2.16. The number of benzene rings is 1. The number of hydrogen-bond donors (Lipinski definition) is 2. The standard InChI is InChI=1S/C11H11N5/c1-16-5-4-11(15-16)14-9-3-2-8(7-12)10(13)6-9/h2-6H,13H2,1H3,(H,14,15). The van der Waals surface area contributed by atoms with Crippen LogP contribution >= 0.6 is 0 Å². The fourth-order valence-corrected chi connectivity index (χ4v) is 1.37. The summed E-state index contributed by atoms with van der Waals surface area (Å²) >= 11 is 0. The zero-order valence-electron chi connectivity index (χ0n) is 8.81. The highest BCUT2D eigenvalue weighted by Crippen LogP contribution is 2.20. The van der Waals surface area contributed by atoms with Gasteiger partial charge >= 0.3 is 0 Å². The van der Waals surface area contributed by atoms with E-state index in [1.807, 2.05) is 25.4 Å². The largest absolute Gasteiger partial charge is 0.398 e. The summed E-state index contributed by atoms with van der Waals surface area (Å²) in [6.45, 7) is 0. The van der Waals surface area contributed by atoms with E-state index in [-0.39, 0.29) is 0 Å². The van der Waals surface area contributed by atoms with E-state index in [0.717, 1.165) is 11.5 Å². The van der Waals surface area contributed by atoms with Gasteiger partial charge in [-0.05, 0) is 18.2 Å². The molecule has 0 aliphatic carbocycles. The predicted molar refractivity (Wildman–Crippen MR) is 62.1 cm³/mol. The van der Waals surface area contributed by atoms with E-state index >= 15 is 0 Å². The van der Waals surface area contributed by atoms with E-state index in [1.165, 1.54) is 0 Å². The molecule has 1 aromatic heterocycles. The minimum absolute atomic E-state index is 0.462. The lowest BCUT2D eigenvalue weighted by Crippen LogP contribution is -1.96. The molecule has 80 valence electrons. The fourth-order valence-electron chi connectivity index (χ4n) is 1.37. The Morgan fingerprint density at radius 1 is 1.44 bits per heavy atom. The highest BCUT2D eigenvalue weighted by atomic mass is 15.3. The molecule has 0 unspecified atom stereocenters. The molecule has 16 heavy (non-hydrogen) atoms. The third kappa shape index (κ3) is 1.96. The molecule has 0 saturated heterocycles. The average Bonchev–Trinajstić information content (AvgIpc) is 2.64. The molecule has 0 spiro atoms. The van der Waals surface area contributed by atoms with Gasteiger partial charge in [-0.1, -0.05) is 0 Å². The van der Waals surface area contributed by atoms with Crippen molar-refractivity contribution in [1.29, 1.82) is 5.26 Å². The second-order valence-electron chi connectivity index (χ2n) is 3.41. The number of aryl methyl sites for hydroxylation is 1. The first-order valence-corrected chi connectivity index (χ1v) is 4.75. The second-order valence-corrected chi connectivity index (χ2v) is 3.41. The highest BCUT2D eigenvalue weighted by Gasteiger charge is 2.01. The van der Waals surface area contributed by atoms with Crippen molar-refractivity contribution < 1.29 is 0 Å². The van der Waals surface area contributed by atoms with Crippen LogP contribution in [0, 0.1) is 11.3 Å². The van der Waals surface area contributed by atoms with Crippen LogP contribution in [-0.4, -0.2) is 9.78 Å². The Morgan fingerprint density at radius 2 is 2.25 bits per heavy atom. The quantitative estimate of drug-likeness (QED) is 0.743. The van der Waals surface area contributed by atoms with Crippen LogP contribution in [0.3, 0.4) is 0 Å². The minimum Gasteiger partial charge on any atom is -0.398 e. The molecule has 1 aromatic carbocycles. The highest BCUT2D eigenvalue weighted by molar-refractivity contribution is 5.66. The molecule has 0 aliphatic heterocycles.